The second-order valence-corrected chi connectivity index (χ2v) is 5.85. The molecule has 1 unspecified atom stereocenters. The molecule has 3 rings (SSSR count). The van der Waals surface area contributed by atoms with Gasteiger partial charge in [0.25, 0.3) is 0 Å². The van der Waals surface area contributed by atoms with Gasteiger partial charge in [-0.2, -0.15) is 10.2 Å². The van der Waals surface area contributed by atoms with Crippen LogP contribution >= 0.6 is 0 Å². The number of nitrogens with zero attached hydrogens (tertiary/aromatic N) is 4. The molecule has 0 spiro atoms. The first-order valence-electron chi connectivity index (χ1n) is 8.09. The summed E-state index contributed by atoms with van der Waals surface area (Å²) in [5.74, 6) is 1.40. The van der Waals surface area contributed by atoms with Gasteiger partial charge in [-0.25, -0.2) is 4.98 Å². The van der Waals surface area contributed by atoms with Crippen molar-refractivity contribution in [1.29, 1.82) is 5.26 Å². The highest BCUT2D eigenvalue weighted by atomic mass is 16.5. The van der Waals surface area contributed by atoms with Crippen LogP contribution in [0.4, 0.5) is 17.5 Å². The molecule has 1 aliphatic heterocycles. The lowest BCUT2D eigenvalue weighted by atomic mass is 9.85. The number of nitriles is 1. The smallest absolute Gasteiger partial charge is 0.248 e. The summed E-state index contributed by atoms with van der Waals surface area (Å²) in [6.07, 6.45) is 2.61. The van der Waals surface area contributed by atoms with Crippen LogP contribution in [-0.2, 0) is 4.79 Å². The van der Waals surface area contributed by atoms with Crippen LogP contribution in [0.25, 0.3) is 0 Å². The van der Waals surface area contributed by atoms with Crippen LogP contribution in [0.3, 0.4) is 0 Å². The zero-order valence-corrected chi connectivity index (χ0v) is 14.2. The second kappa shape index (κ2) is 6.77. The van der Waals surface area contributed by atoms with Gasteiger partial charge >= 0.3 is 0 Å². The van der Waals surface area contributed by atoms with Crippen molar-refractivity contribution in [2.75, 3.05) is 23.9 Å². The van der Waals surface area contributed by atoms with E-state index < -0.39 is 5.41 Å². The molecular weight excluding hydrogens is 318 g/mol. The summed E-state index contributed by atoms with van der Waals surface area (Å²) in [6.45, 7) is 2.34. The maximum atomic E-state index is 12.6. The van der Waals surface area contributed by atoms with Gasteiger partial charge in [0.05, 0.1) is 13.2 Å². The number of hydrogen-bond donors (Lipinski definition) is 1. The normalized spacial score (nSPS) is 19.6. The lowest BCUT2D eigenvalue weighted by Crippen LogP contribution is -2.33. The molecule has 2 heterocycles. The van der Waals surface area contributed by atoms with Crippen LogP contribution in [0, 0.1) is 16.7 Å². The standard InChI is InChI=1S/C18H19N5O2/c1-3-18(12-19)8-10-23(16(18)24)15-7-9-20-17(22-15)21-13-5-4-6-14(11-13)25-2/h4-7,9,11H,3,8,10H2,1-2H3,(H,20,21,22). The zero-order valence-electron chi connectivity index (χ0n) is 14.2. The monoisotopic (exact) mass is 337 g/mol. The van der Waals surface area contributed by atoms with Crippen molar-refractivity contribution in [3.63, 3.8) is 0 Å². The van der Waals surface area contributed by atoms with E-state index in [2.05, 4.69) is 21.4 Å². The van der Waals surface area contributed by atoms with Gasteiger partial charge in [0.1, 0.15) is 17.0 Å². The first-order valence-corrected chi connectivity index (χ1v) is 8.09. The molecule has 7 heteroatoms. The first kappa shape index (κ1) is 16.7. The molecule has 7 nitrogen and oxygen atoms in total. The zero-order chi connectivity index (χ0) is 17.9. The lowest BCUT2D eigenvalue weighted by molar-refractivity contribution is -0.123. The minimum atomic E-state index is -0.939. The van der Waals surface area contributed by atoms with Gasteiger partial charge in [-0.05, 0) is 31.0 Å². The van der Waals surface area contributed by atoms with Crippen molar-refractivity contribution in [1.82, 2.24) is 9.97 Å². The van der Waals surface area contributed by atoms with E-state index in [0.717, 1.165) is 11.4 Å². The summed E-state index contributed by atoms with van der Waals surface area (Å²) in [5.41, 5.74) is -0.158. The fraction of sp³-hybridized carbons (Fsp3) is 0.333. The molecule has 0 aliphatic carbocycles. The third kappa shape index (κ3) is 3.11. The van der Waals surface area contributed by atoms with E-state index >= 15 is 0 Å². The van der Waals surface area contributed by atoms with Gasteiger partial charge in [0, 0.05) is 24.5 Å². The fourth-order valence-electron chi connectivity index (χ4n) is 2.89. The highest BCUT2D eigenvalue weighted by Gasteiger charge is 2.46. The van der Waals surface area contributed by atoms with E-state index in [1.807, 2.05) is 31.2 Å². The molecule has 1 aromatic heterocycles. The highest BCUT2D eigenvalue weighted by molar-refractivity contribution is 6.01. The van der Waals surface area contributed by atoms with Crippen LogP contribution in [0.5, 0.6) is 5.75 Å². The van der Waals surface area contributed by atoms with E-state index in [1.165, 1.54) is 0 Å². The Morgan fingerprint density at radius 2 is 2.28 bits per heavy atom. The Kier molecular flexibility index (Phi) is 4.52. The van der Waals surface area contributed by atoms with Gasteiger partial charge in [-0.1, -0.05) is 13.0 Å². The number of nitrogens with one attached hydrogen (secondary N) is 1. The number of anilines is 3. The molecule has 0 saturated carbocycles. The molecule has 1 fully saturated rings. The van der Waals surface area contributed by atoms with Crippen LogP contribution in [0.2, 0.25) is 0 Å². The Labute approximate surface area is 146 Å². The summed E-state index contributed by atoms with van der Waals surface area (Å²) in [6, 6.07) is 11.3. The first-order chi connectivity index (χ1) is 12.1. The molecule has 1 atom stereocenters. The predicted octanol–water partition coefficient (Wildman–Crippen LogP) is 2.89. The van der Waals surface area contributed by atoms with Gasteiger partial charge in [0.15, 0.2) is 0 Å². The van der Waals surface area contributed by atoms with Gasteiger partial charge < -0.3 is 10.1 Å². The molecule has 1 aromatic carbocycles. The number of carbonyl (C=O) groups is 1. The molecule has 1 N–H and O–H groups in total. The molecule has 25 heavy (non-hydrogen) atoms. The molecule has 1 aliphatic rings. The Morgan fingerprint density at radius 3 is 2.96 bits per heavy atom. The van der Waals surface area contributed by atoms with E-state index in [1.54, 1.807) is 24.3 Å². The lowest BCUT2D eigenvalue weighted by Gasteiger charge is -2.19. The SMILES string of the molecule is CCC1(C#N)CCN(c2ccnc(Nc3cccc(OC)c3)n2)C1=O. The number of amides is 1. The van der Waals surface area contributed by atoms with E-state index in [4.69, 9.17) is 4.74 Å². The minimum Gasteiger partial charge on any atom is -0.497 e. The molecule has 128 valence electrons. The summed E-state index contributed by atoms with van der Waals surface area (Å²) in [4.78, 5) is 22.8. The number of benzene rings is 1. The predicted molar refractivity (Wildman–Crippen MR) is 93.6 cm³/mol. The summed E-state index contributed by atoms with van der Waals surface area (Å²) < 4.78 is 5.19. The average Bonchev–Trinajstić information content (AvgIpc) is 2.99. The quantitative estimate of drug-likeness (QED) is 0.902. The van der Waals surface area contributed by atoms with E-state index in [-0.39, 0.29) is 5.91 Å². The van der Waals surface area contributed by atoms with Crippen LogP contribution in [0.1, 0.15) is 19.8 Å². The van der Waals surface area contributed by atoms with Crippen molar-refractivity contribution in [2.45, 2.75) is 19.8 Å². The van der Waals surface area contributed by atoms with Crippen LogP contribution < -0.4 is 15.0 Å². The molecule has 1 saturated heterocycles. The molecule has 2 aromatic rings. The highest BCUT2D eigenvalue weighted by Crippen LogP contribution is 2.36. The van der Waals surface area contributed by atoms with Crippen molar-refractivity contribution in [3.8, 4) is 11.8 Å². The van der Waals surface area contributed by atoms with Crippen molar-refractivity contribution in [2.24, 2.45) is 5.41 Å². The van der Waals surface area contributed by atoms with E-state index in [9.17, 15) is 10.1 Å². The minimum absolute atomic E-state index is 0.191. The second-order valence-electron chi connectivity index (χ2n) is 5.85. The molecule has 0 bridgehead atoms. The number of rotatable bonds is 5. The number of hydrogen-bond acceptors (Lipinski definition) is 6. The van der Waals surface area contributed by atoms with E-state index in [0.29, 0.717) is 31.2 Å². The Hall–Kier alpha value is -3.14. The van der Waals surface area contributed by atoms with Crippen LogP contribution in [0.15, 0.2) is 36.5 Å². The maximum Gasteiger partial charge on any atom is 0.248 e. The largest absolute Gasteiger partial charge is 0.497 e. The Bertz CT molecular complexity index is 832. The van der Waals surface area contributed by atoms with Crippen molar-refractivity contribution >= 4 is 23.4 Å². The number of methoxy groups -OCH3 is 1. The number of aromatic nitrogens is 2. The third-order valence-corrected chi connectivity index (χ3v) is 4.48. The summed E-state index contributed by atoms with van der Waals surface area (Å²) in [5, 5.41) is 12.5. The fourth-order valence-corrected chi connectivity index (χ4v) is 2.89. The maximum absolute atomic E-state index is 12.6. The Balaban J connectivity index is 1.83. The third-order valence-electron chi connectivity index (χ3n) is 4.48. The Morgan fingerprint density at radius 1 is 1.44 bits per heavy atom. The van der Waals surface area contributed by atoms with Crippen molar-refractivity contribution in [3.05, 3.63) is 36.5 Å². The molecule has 0 radical (unpaired) electrons. The van der Waals surface area contributed by atoms with Gasteiger partial charge in [0.2, 0.25) is 11.9 Å². The summed E-state index contributed by atoms with van der Waals surface area (Å²) >= 11 is 0. The molecule has 1 amide bonds. The average molecular weight is 337 g/mol. The number of ether oxygens (including phenoxy) is 1. The topological polar surface area (TPSA) is 91.1 Å². The van der Waals surface area contributed by atoms with Gasteiger partial charge in [-0.3, -0.25) is 9.69 Å². The van der Waals surface area contributed by atoms with Crippen LogP contribution in [-0.4, -0.2) is 29.5 Å². The number of carbonyl (C=O) groups excluding carboxylic acids is 1. The van der Waals surface area contributed by atoms with Crippen molar-refractivity contribution < 1.29 is 9.53 Å². The summed E-state index contributed by atoms with van der Waals surface area (Å²) in [7, 11) is 1.60. The molecular formula is C18H19N5O2. The van der Waals surface area contributed by atoms with Gasteiger partial charge in [-0.15, -0.1) is 0 Å².